The Morgan fingerprint density at radius 1 is 0.968 bits per heavy atom. The highest BCUT2D eigenvalue weighted by Crippen LogP contribution is 2.26. The van der Waals surface area contributed by atoms with E-state index in [1.165, 1.54) is 23.8 Å². The van der Waals surface area contributed by atoms with E-state index in [1.54, 1.807) is 6.07 Å². The molecule has 0 atom stereocenters. The van der Waals surface area contributed by atoms with E-state index in [0.717, 1.165) is 35.0 Å². The number of thiazole rings is 1. The van der Waals surface area contributed by atoms with Gasteiger partial charge in [0.15, 0.2) is 5.13 Å². The third kappa shape index (κ3) is 5.32. The molecule has 0 saturated carbocycles. The first-order valence-electron chi connectivity index (χ1n) is 10.0. The van der Waals surface area contributed by atoms with Crippen LogP contribution in [0.5, 0.6) is 0 Å². The molecule has 4 rings (SSSR count). The standard InChI is InChI=1S/C24H22N4O2S/c1-16(29)25-14-4-5-17-8-10-19(11-9-17)22-15-31-24(27-22)28-23(30)21-13-12-18-6-2-3-7-20(18)26-21/h2-3,6-13,15H,4-5,14H2,1H3,(H,25,29)(H,27,28,30). The van der Waals surface area contributed by atoms with Crippen molar-refractivity contribution in [2.24, 2.45) is 0 Å². The molecule has 0 bridgehead atoms. The van der Waals surface area contributed by atoms with Crippen molar-refractivity contribution in [2.45, 2.75) is 19.8 Å². The van der Waals surface area contributed by atoms with Gasteiger partial charge in [0.2, 0.25) is 5.91 Å². The van der Waals surface area contributed by atoms with E-state index in [-0.39, 0.29) is 11.8 Å². The fourth-order valence-corrected chi connectivity index (χ4v) is 3.93. The Hall–Kier alpha value is -3.58. The van der Waals surface area contributed by atoms with Crippen LogP contribution in [-0.2, 0) is 11.2 Å². The number of anilines is 1. The Morgan fingerprint density at radius 3 is 2.58 bits per heavy atom. The Morgan fingerprint density at radius 2 is 1.77 bits per heavy atom. The number of aromatic nitrogens is 2. The second-order valence-corrected chi connectivity index (χ2v) is 8.02. The minimum absolute atomic E-state index is 0.00169. The molecule has 2 heterocycles. The van der Waals surface area contributed by atoms with Crippen molar-refractivity contribution in [3.63, 3.8) is 0 Å². The smallest absolute Gasteiger partial charge is 0.276 e. The Balaban J connectivity index is 1.38. The molecular weight excluding hydrogens is 408 g/mol. The number of carbonyl (C=O) groups excluding carboxylic acids is 2. The molecule has 4 aromatic rings. The lowest BCUT2D eigenvalue weighted by atomic mass is 10.1. The van der Waals surface area contributed by atoms with Gasteiger partial charge in [-0.3, -0.25) is 14.9 Å². The van der Waals surface area contributed by atoms with E-state index < -0.39 is 0 Å². The van der Waals surface area contributed by atoms with Gasteiger partial charge in [-0.25, -0.2) is 9.97 Å². The molecule has 2 aromatic carbocycles. The first-order chi connectivity index (χ1) is 15.1. The molecule has 0 radical (unpaired) electrons. The predicted octanol–water partition coefficient (Wildman–Crippen LogP) is 4.68. The van der Waals surface area contributed by atoms with Gasteiger partial charge < -0.3 is 5.32 Å². The van der Waals surface area contributed by atoms with Crippen LogP contribution in [0.25, 0.3) is 22.2 Å². The zero-order valence-corrected chi connectivity index (χ0v) is 17.9. The topological polar surface area (TPSA) is 84.0 Å². The second kappa shape index (κ2) is 9.49. The van der Waals surface area contributed by atoms with Gasteiger partial charge in [0.1, 0.15) is 5.69 Å². The maximum atomic E-state index is 12.6. The van der Waals surface area contributed by atoms with Gasteiger partial charge in [-0.2, -0.15) is 0 Å². The maximum Gasteiger partial charge on any atom is 0.276 e. The van der Waals surface area contributed by atoms with Crippen LogP contribution in [0, 0.1) is 0 Å². The highest BCUT2D eigenvalue weighted by Gasteiger charge is 2.12. The molecule has 7 heteroatoms. The van der Waals surface area contributed by atoms with E-state index in [1.807, 2.05) is 47.8 Å². The molecule has 0 spiro atoms. The number of benzene rings is 2. The third-order valence-electron chi connectivity index (χ3n) is 4.82. The van der Waals surface area contributed by atoms with Gasteiger partial charge in [0.25, 0.3) is 5.91 Å². The van der Waals surface area contributed by atoms with E-state index in [0.29, 0.717) is 17.4 Å². The number of para-hydroxylation sites is 1. The van der Waals surface area contributed by atoms with Crippen LogP contribution in [0.4, 0.5) is 5.13 Å². The molecule has 2 amide bonds. The molecular formula is C24H22N4O2S. The summed E-state index contributed by atoms with van der Waals surface area (Å²) in [6.07, 6.45) is 1.80. The van der Waals surface area contributed by atoms with Gasteiger partial charge in [0.05, 0.1) is 11.2 Å². The maximum absolute atomic E-state index is 12.6. The molecule has 0 fully saturated rings. The average Bonchev–Trinajstić information content (AvgIpc) is 3.25. The fraction of sp³-hybridized carbons (Fsp3) is 0.167. The summed E-state index contributed by atoms with van der Waals surface area (Å²) in [5.41, 5.74) is 4.16. The van der Waals surface area contributed by atoms with Gasteiger partial charge in [-0.1, -0.05) is 48.5 Å². The van der Waals surface area contributed by atoms with E-state index in [9.17, 15) is 9.59 Å². The minimum Gasteiger partial charge on any atom is -0.356 e. The van der Waals surface area contributed by atoms with Crippen molar-refractivity contribution < 1.29 is 9.59 Å². The normalized spacial score (nSPS) is 10.7. The quantitative estimate of drug-likeness (QED) is 0.417. The first-order valence-corrected chi connectivity index (χ1v) is 10.9. The third-order valence-corrected chi connectivity index (χ3v) is 5.58. The molecule has 0 aliphatic heterocycles. The van der Waals surface area contributed by atoms with Crippen molar-refractivity contribution in [3.05, 3.63) is 77.3 Å². The van der Waals surface area contributed by atoms with Gasteiger partial charge in [0, 0.05) is 29.8 Å². The number of hydrogen-bond donors (Lipinski definition) is 2. The summed E-state index contributed by atoms with van der Waals surface area (Å²) < 4.78 is 0. The van der Waals surface area contributed by atoms with Crippen LogP contribution in [0.2, 0.25) is 0 Å². The number of hydrogen-bond acceptors (Lipinski definition) is 5. The van der Waals surface area contributed by atoms with Crippen LogP contribution in [-0.4, -0.2) is 28.3 Å². The molecule has 0 unspecified atom stereocenters. The number of fused-ring (bicyclic) bond motifs is 1. The van der Waals surface area contributed by atoms with Crippen molar-refractivity contribution in [1.29, 1.82) is 0 Å². The molecule has 156 valence electrons. The van der Waals surface area contributed by atoms with Gasteiger partial charge in [-0.15, -0.1) is 11.3 Å². The number of nitrogens with zero attached hydrogens (tertiary/aromatic N) is 2. The molecule has 31 heavy (non-hydrogen) atoms. The zero-order chi connectivity index (χ0) is 21.6. The number of aryl methyl sites for hydroxylation is 1. The lowest BCUT2D eigenvalue weighted by molar-refractivity contribution is -0.118. The Labute approximate surface area is 184 Å². The van der Waals surface area contributed by atoms with Crippen LogP contribution >= 0.6 is 11.3 Å². The van der Waals surface area contributed by atoms with Crippen molar-refractivity contribution in [1.82, 2.24) is 15.3 Å². The van der Waals surface area contributed by atoms with E-state index in [2.05, 4.69) is 32.7 Å². The summed E-state index contributed by atoms with van der Waals surface area (Å²) >= 11 is 1.38. The first kappa shape index (κ1) is 20.7. The molecule has 2 aromatic heterocycles. The fourth-order valence-electron chi connectivity index (χ4n) is 3.22. The minimum atomic E-state index is -0.277. The summed E-state index contributed by atoms with van der Waals surface area (Å²) in [7, 11) is 0. The van der Waals surface area contributed by atoms with Crippen LogP contribution in [0.1, 0.15) is 29.4 Å². The number of pyridine rings is 1. The Kier molecular flexibility index (Phi) is 6.33. The molecule has 2 N–H and O–H groups in total. The summed E-state index contributed by atoms with van der Waals surface area (Å²) in [6, 6.07) is 19.5. The summed E-state index contributed by atoms with van der Waals surface area (Å²) in [5, 5.41) is 9.10. The lowest BCUT2D eigenvalue weighted by Crippen LogP contribution is -2.21. The molecule has 0 saturated heterocycles. The van der Waals surface area contributed by atoms with Crippen LogP contribution < -0.4 is 10.6 Å². The van der Waals surface area contributed by atoms with Crippen molar-refractivity contribution in [3.8, 4) is 11.3 Å². The zero-order valence-electron chi connectivity index (χ0n) is 17.1. The highest BCUT2D eigenvalue weighted by molar-refractivity contribution is 7.14. The molecule has 6 nitrogen and oxygen atoms in total. The Bertz CT molecular complexity index is 1220. The second-order valence-electron chi connectivity index (χ2n) is 7.16. The average molecular weight is 431 g/mol. The molecule has 0 aliphatic carbocycles. The predicted molar refractivity (Wildman–Crippen MR) is 124 cm³/mol. The molecule has 0 aliphatic rings. The van der Waals surface area contributed by atoms with Crippen molar-refractivity contribution >= 4 is 39.2 Å². The van der Waals surface area contributed by atoms with Gasteiger partial charge in [-0.05, 0) is 30.5 Å². The largest absolute Gasteiger partial charge is 0.356 e. The van der Waals surface area contributed by atoms with Crippen LogP contribution in [0.15, 0.2) is 66.0 Å². The number of amides is 2. The highest BCUT2D eigenvalue weighted by atomic mass is 32.1. The number of carbonyl (C=O) groups is 2. The van der Waals surface area contributed by atoms with Gasteiger partial charge >= 0.3 is 0 Å². The number of rotatable bonds is 7. The van der Waals surface area contributed by atoms with E-state index >= 15 is 0 Å². The number of nitrogens with one attached hydrogen (secondary N) is 2. The summed E-state index contributed by atoms with van der Waals surface area (Å²) in [6.45, 7) is 2.20. The summed E-state index contributed by atoms with van der Waals surface area (Å²) in [5.74, 6) is -0.278. The monoisotopic (exact) mass is 430 g/mol. The van der Waals surface area contributed by atoms with E-state index in [4.69, 9.17) is 0 Å². The SMILES string of the molecule is CC(=O)NCCCc1ccc(-c2csc(NC(=O)c3ccc4ccccc4n3)n2)cc1. The lowest BCUT2D eigenvalue weighted by Gasteiger charge is -2.04. The van der Waals surface area contributed by atoms with Crippen LogP contribution in [0.3, 0.4) is 0 Å². The van der Waals surface area contributed by atoms with Crippen molar-refractivity contribution in [2.75, 3.05) is 11.9 Å². The summed E-state index contributed by atoms with van der Waals surface area (Å²) in [4.78, 5) is 32.5.